The summed E-state index contributed by atoms with van der Waals surface area (Å²) in [6, 6.07) is 2.27. The van der Waals surface area contributed by atoms with E-state index in [1.165, 1.54) is 38.5 Å². The van der Waals surface area contributed by atoms with Crippen molar-refractivity contribution in [3.63, 3.8) is 0 Å². The fourth-order valence-corrected chi connectivity index (χ4v) is 5.03. The molecule has 0 aromatic carbocycles. The first kappa shape index (κ1) is 13.0. The van der Waals surface area contributed by atoms with Crippen molar-refractivity contribution >= 4 is 5.90 Å². The van der Waals surface area contributed by atoms with Gasteiger partial charge in [-0.15, -0.1) is 0 Å². The van der Waals surface area contributed by atoms with Crippen molar-refractivity contribution in [1.29, 1.82) is 5.26 Å². The minimum atomic E-state index is -0.672. The van der Waals surface area contributed by atoms with E-state index < -0.39 is 5.54 Å². The molecule has 0 spiro atoms. The maximum Gasteiger partial charge on any atom is 0.190 e. The number of rotatable bonds is 2. The third-order valence-corrected chi connectivity index (χ3v) is 5.34. The summed E-state index contributed by atoms with van der Waals surface area (Å²) < 4.78 is 5.67. The van der Waals surface area contributed by atoms with Crippen LogP contribution in [0.2, 0.25) is 0 Å². The molecule has 4 saturated carbocycles. The van der Waals surface area contributed by atoms with E-state index in [-0.39, 0.29) is 5.41 Å². The van der Waals surface area contributed by atoms with E-state index in [0.29, 0.717) is 0 Å². The van der Waals surface area contributed by atoms with Gasteiger partial charge in [-0.25, -0.2) is 4.99 Å². The number of aliphatic imine (C=N–C) groups is 1. The van der Waals surface area contributed by atoms with Gasteiger partial charge in [-0.3, -0.25) is 0 Å². The van der Waals surface area contributed by atoms with Gasteiger partial charge < -0.3 is 4.74 Å². The van der Waals surface area contributed by atoms with Gasteiger partial charge in [0.25, 0.3) is 0 Å². The standard InChI is InChI=1S/C16H24N2O/c1-15(2,10-17)18-14(19-3)16-7-11-4-12(8-16)6-13(5-11)9-16/h11-13H,4-9H2,1-3H3. The average molecular weight is 260 g/mol. The summed E-state index contributed by atoms with van der Waals surface area (Å²) in [5, 5.41) is 9.21. The normalized spacial score (nSPS) is 41.2. The van der Waals surface area contributed by atoms with Crippen LogP contribution in [0.4, 0.5) is 0 Å². The smallest absolute Gasteiger partial charge is 0.190 e. The summed E-state index contributed by atoms with van der Waals surface area (Å²) in [6.07, 6.45) is 7.93. The molecule has 4 aliphatic rings. The number of hydrogen-bond donors (Lipinski definition) is 0. The molecule has 0 aromatic rings. The third-order valence-electron chi connectivity index (χ3n) is 5.34. The van der Waals surface area contributed by atoms with Gasteiger partial charge in [0.15, 0.2) is 5.90 Å². The van der Waals surface area contributed by atoms with Gasteiger partial charge in [-0.1, -0.05) is 0 Å². The van der Waals surface area contributed by atoms with Crippen LogP contribution in [0.15, 0.2) is 4.99 Å². The monoisotopic (exact) mass is 260 g/mol. The SMILES string of the molecule is COC(=NC(C)(C)C#N)C12CC3CC(CC(C3)C1)C2. The number of nitriles is 1. The Morgan fingerprint density at radius 2 is 1.63 bits per heavy atom. The minimum Gasteiger partial charge on any atom is -0.484 e. The van der Waals surface area contributed by atoms with Gasteiger partial charge in [-0.2, -0.15) is 5.26 Å². The second kappa shape index (κ2) is 4.23. The van der Waals surface area contributed by atoms with E-state index in [4.69, 9.17) is 4.74 Å². The first-order chi connectivity index (χ1) is 8.96. The van der Waals surface area contributed by atoms with E-state index >= 15 is 0 Å². The highest BCUT2D eigenvalue weighted by Crippen LogP contribution is 2.60. The maximum atomic E-state index is 9.21. The highest BCUT2D eigenvalue weighted by atomic mass is 16.5. The molecule has 104 valence electrons. The van der Waals surface area contributed by atoms with Crippen molar-refractivity contribution in [2.24, 2.45) is 28.2 Å². The summed E-state index contributed by atoms with van der Waals surface area (Å²) in [5.74, 6) is 3.48. The third kappa shape index (κ3) is 2.16. The molecule has 4 fully saturated rings. The van der Waals surface area contributed by atoms with Crippen LogP contribution in [0.5, 0.6) is 0 Å². The molecular formula is C16H24N2O. The molecule has 4 bridgehead atoms. The molecule has 4 rings (SSSR count). The summed E-state index contributed by atoms with van der Waals surface area (Å²) in [5.41, 5.74) is -0.522. The predicted octanol–water partition coefficient (Wildman–Crippen LogP) is 3.55. The molecule has 0 radical (unpaired) electrons. The Hall–Kier alpha value is -1.04. The van der Waals surface area contributed by atoms with Gasteiger partial charge >= 0.3 is 0 Å². The molecular weight excluding hydrogens is 236 g/mol. The van der Waals surface area contributed by atoms with Crippen LogP contribution in [-0.2, 0) is 4.74 Å². The summed E-state index contributed by atoms with van der Waals surface area (Å²) in [4.78, 5) is 4.67. The van der Waals surface area contributed by atoms with Crippen LogP contribution in [0.3, 0.4) is 0 Å². The van der Waals surface area contributed by atoms with Crippen molar-refractivity contribution in [2.45, 2.75) is 57.9 Å². The molecule has 19 heavy (non-hydrogen) atoms. The fraction of sp³-hybridized carbons (Fsp3) is 0.875. The lowest BCUT2D eigenvalue weighted by atomic mass is 9.49. The van der Waals surface area contributed by atoms with E-state index in [2.05, 4.69) is 11.1 Å². The Balaban J connectivity index is 1.93. The van der Waals surface area contributed by atoms with E-state index in [1.807, 2.05) is 13.8 Å². The van der Waals surface area contributed by atoms with Crippen molar-refractivity contribution in [2.75, 3.05) is 7.11 Å². The molecule has 0 aromatic heterocycles. The van der Waals surface area contributed by atoms with Crippen molar-refractivity contribution in [3.05, 3.63) is 0 Å². The lowest BCUT2D eigenvalue weighted by molar-refractivity contribution is -0.0231. The van der Waals surface area contributed by atoms with Crippen molar-refractivity contribution in [3.8, 4) is 6.07 Å². The molecule has 4 aliphatic carbocycles. The number of nitrogens with zero attached hydrogens (tertiary/aromatic N) is 2. The fourth-order valence-electron chi connectivity index (χ4n) is 5.03. The van der Waals surface area contributed by atoms with Crippen LogP contribution in [0, 0.1) is 34.5 Å². The predicted molar refractivity (Wildman–Crippen MR) is 74.7 cm³/mol. The summed E-state index contributed by atoms with van der Waals surface area (Å²) in [7, 11) is 1.73. The van der Waals surface area contributed by atoms with Gasteiger partial charge in [0.1, 0.15) is 5.54 Å². The number of methoxy groups -OCH3 is 1. The number of hydrogen-bond acceptors (Lipinski definition) is 3. The Morgan fingerprint density at radius 3 is 2.00 bits per heavy atom. The topological polar surface area (TPSA) is 45.4 Å². The van der Waals surface area contributed by atoms with E-state index in [9.17, 15) is 5.26 Å². The van der Waals surface area contributed by atoms with Gasteiger partial charge in [0.2, 0.25) is 0 Å². The highest BCUT2D eigenvalue weighted by Gasteiger charge is 2.54. The average Bonchev–Trinajstić information content (AvgIpc) is 2.34. The lowest BCUT2D eigenvalue weighted by Crippen LogP contribution is -2.51. The second-order valence-corrected chi connectivity index (χ2v) is 7.49. The van der Waals surface area contributed by atoms with Crippen molar-refractivity contribution < 1.29 is 4.74 Å². The minimum absolute atomic E-state index is 0.150. The lowest BCUT2D eigenvalue weighted by Gasteiger charge is -2.56. The summed E-state index contributed by atoms with van der Waals surface area (Å²) >= 11 is 0. The highest BCUT2D eigenvalue weighted by molar-refractivity contribution is 5.83. The Labute approximate surface area is 116 Å². The second-order valence-electron chi connectivity index (χ2n) is 7.49. The molecule has 3 heteroatoms. The maximum absolute atomic E-state index is 9.21. The van der Waals surface area contributed by atoms with Crippen LogP contribution in [0.1, 0.15) is 52.4 Å². The molecule has 0 saturated heterocycles. The van der Waals surface area contributed by atoms with Gasteiger partial charge in [-0.05, 0) is 70.1 Å². The Bertz CT molecular complexity index is 409. The number of ether oxygens (including phenoxy) is 1. The molecule has 0 amide bonds. The van der Waals surface area contributed by atoms with E-state index in [0.717, 1.165) is 23.7 Å². The van der Waals surface area contributed by atoms with Crippen LogP contribution in [-0.4, -0.2) is 18.5 Å². The molecule has 0 atom stereocenters. The molecule has 0 unspecified atom stereocenters. The Morgan fingerprint density at radius 1 is 1.16 bits per heavy atom. The van der Waals surface area contributed by atoms with E-state index in [1.54, 1.807) is 7.11 Å². The van der Waals surface area contributed by atoms with Crippen LogP contribution in [0.25, 0.3) is 0 Å². The molecule has 0 heterocycles. The van der Waals surface area contributed by atoms with Crippen LogP contribution < -0.4 is 0 Å². The van der Waals surface area contributed by atoms with Gasteiger partial charge in [0, 0.05) is 5.41 Å². The quantitative estimate of drug-likeness (QED) is 0.563. The first-order valence-electron chi connectivity index (χ1n) is 7.52. The zero-order valence-corrected chi connectivity index (χ0v) is 12.3. The zero-order valence-electron chi connectivity index (χ0n) is 12.3. The molecule has 0 N–H and O–H groups in total. The zero-order chi connectivity index (χ0) is 13.7. The first-order valence-corrected chi connectivity index (χ1v) is 7.52. The van der Waals surface area contributed by atoms with Gasteiger partial charge in [0.05, 0.1) is 13.2 Å². The largest absolute Gasteiger partial charge is 0.484 e. The Kier molecular flexibility index (Phi) is 2.89. The molecule has 0 aliphatic heterocycles. The van der Waals surface area contributed by atoms with Crippen molar-refractivity contribution in [1.82, 2.24) is 0 Å². The molecule has 3 nitrogen and oxygen atoms in total. The summed E-state index contributed by atoms with van der Waals surface area (Å²) in [6.45, 7) is 3.74. The van der Waals surface area contributed by atoms with Crippen LogP contribution >= 0.6 is 0 Å².